The fourth-order valence-electron chi connectivity index (χ4n) is 3.29. The number of aliphatic carboxylic acids is 1. The second-order valence-electron chi connectivity index (χ2n) is 6.34. The summed E-state index contributed by atoms with van der Waals surface area (Å²) in [5.41, 5.74) is 3.76. The Hall–Kier alpha value is -2.31. The van der Waals surface area contributed by atoms with Gasteiger partial charge < -0.3 is 14.4 Å². The van der Waals surface area contributed by atoms with Crippen LogP contribution in [0.1, 0.15) is 17.7 Å². The number of aromatic nitrogens is 1. The van der Waals surface area contributed by atoms with Gasteiger partial charge in [0.05, 0.1) is 21.3 Å². The number of carboxylic acids is 1. The molecular formula is C19H17ClN2O3S. The molecule has 1 N–H and O–H groups in total. The number of hydrogen-bond donors (Lipinski definition) is 1. The van der Waals surface area contributed by atoms with Crippen molar-refractivity contribution >= 4 is 34.6 Å². The molecule has 0 atom stereocenters. The van der Waals surface area contributed by atoms with E-state index in [-0.39, 0.29) is 6.42 Å². The number of halogens is 1. The van der Waals surface area contributed by atoms with Crippen LogP contribution in [0.3, 0.4) is 0 Å². The molecule has 0 spiro atoms. The number of carboxylic acid groups (broad SMARTS) is 1. The number of aryl methyl sites for hydroxylation is 1. The second-order valence-corrected chi connectivity index (χ2v) is 8.05. The molecule has 2 aromatic heterocycles. The predicted molar refractivity (Wildman–Crippen MR) is 103 cm³/mol. The molecule has 0 bridgehead atoms. The zero-order chi connectivity index (χ0) is 18.3. The summed E-state index contributed by atoms with van der Waals surface area (Å²) in [4.78, 5) is 18.7. The number of benzene rings is 1. The van der Waals surface area contributed by atoms with Crippen LogP contribution in [-0.4, -0.2) is 29.7 Å². The standard InChI is InChI=1S/C19H17ClN2O3S/c1-22-8-2-3-11-9-12(4-5-14(11)22)19-21-13(10-17(23)24)18(25-19)15-6-7-16(20)26-15/h4-7,9H,2-3,8,10H2,1H3,(H,23,24). The van der Waals surface area contributed by atoms with E-state index in [1.54, 1.807) is 6.07 Å². The summed E-state index contributed by atoms with van der Waals surface area (Å²) in [5.74, 6) is -0.0215. The molecule has 3 aromatic rings. The van der Waals surface area contributed by atoms with Crippen molar-refractivity contribution < 1.29 is 14.3 Å². The summed E-state index contributed by atoms with van der Waals surface area (Å²) in [5, 5.41) is 9.20. The van der Waals surface area contributed by atoms with Gasteiger partial charge in [0.1, 0.15) is 0 Å². The molecule has 1 aliphatic heterocycles. The molecular weight excluding hydrogens is 372 g/mol. The number of hydrogen-bond acceptors (Lipinski definition) is 5. The second kappa shape index (κ2) is 6.78. The smallest absolute Gasteiger partial charge is 0.309 e. The van der Waals surface area contributed by atoms with Crippen LogP contribution in [0.25, 0.3) is 22.1 Å². The van der Waals surface area contributed by atoms with E-state index >= 15 is 0 Å². The Labute approximate surface area is 159 Å². The first-order valence-corrected chi connectivity index (χ1v) is 9.52. The van der Waals surface area contributed by atoms with Gasteiger partial charge in [-0.1, -0.05) is 11.6 Å². The summed E-state index contributed by atoms with van der Waals surface area (Å²) in [7, 11) is 2.09. The fourth-order valence-corrected chi connectivity index (χ4v) is 4.33. The van der Waals surface area contributed by atoms with Gasteiger partial charge in [0.15, 0.2) is 5.76 Å². The fraction of sp³-hybridized carbons (Fsp3) is 0.263. The van der Waals surface area contributed by atoms with Gasteiger partial charge in [-0.15, -0.1) is 11.3 Å². The Morgan fingerprint density at radius 2 is 2.23 bits per heavy atom. The Balaban J connectivity index is 1.77. The Bertz CT molecular complexity index is 979. The lowest BCUT2D eigenvalue weighted by atomic mass is 9.99. The minimum Gasteiger partial charge on any atom is -0.481 e. The Morgan fingerprint density at radius 3 is 2.96 bits per heavy atom. The van der Waals surface area contributed by atoms with Crippen LogP contribution in [0.15, 0.2) is 34.7 Å². The van der Waals surface area contributed by atoms with Gasteiger partial charge in [-0.25, -0.2) is 4.98 Å². The molecule has 7 heteroatoms. The first kappa shape index (κ1) is 17.1. The van der Waals surface area contributed by atoms with E-state index in [0.717, 1.165) is 29.8 Å². The third-order valence-corrected chi connectivity index (χ3v) is 5.72. The highest BCUT2D eigenvalue weighted by atomic mass is 35.5. The van der Waals surface area contributed by atoms with E-state index in [4.69, 9.17) is 16.0 Å². The third kappa shape index (κ3) is 3.22. The zero-order valence-corrected chi connectivity index (χ0v) is 15.7. The van der Waals surface area contributed by atoms with Gasteiger partial charge in [-0.05, 0) is 48.7 Å². The highest BCUT2D eigenvalue weighted by molar-refractivity contribution is 7.19. The van der Waals surface area contributed by atoms with Crippen molar-refractivity contribution in [1.82, 2.24) is 4.98 Å². The number of thiophene rings is 1. The van der Waals surface area contributed by atoms with Gasteiger partial charge in [-0.3, -0.25) is 4.79 Å². The van der Waals surface area contributed by atoms with Crippen molar-refractivity contribution in [2.24, 2.45) is 0 Å². The number of fused-ring (bicyclic) bond motifs is 1. The lowest BCUT2D eigenvalue weighted by molar-refractivity contribution is -0.136. The van der Waals surface area contributed by atoms with Crippen LogP contribution in [-0.2, 0) is 17.6 Å². The van der Waals surface area contributed by atoms with Crippen LogP contribution in [0, 0.1) is 0 Å². The molecule has 0 radical (unpaired) electrons. The van der Waals surface area contributed by atoms with Crippen LogP contribution >= 0.6 is 22.9 Å². The largest absolute Gasteiger partial charge is 0.481 e. The summed E-state index contributed by atoms with van der Waals surface area (Å²) in [6, 6.07) is 9.73. The number of carbonyl (C=O) groups is 1. The van der Waals surface area contributed by atoms with Gasteiger partial charge in [0.25, 0.3) is 0 Å². The highest BCUT2D eigenvalue weighted by Gasteiger charge is 2.21. The quantitative estimate of drug-likeness (QED) is 0.699. The van der Waals surface area contributed by atoms with E-state index < -0.39 is 5.97 Å². The highest BCUT2D eigenvalue weighted by Crippen LogP contribution is 2.37. The molecule has 0 saturated carbocycles. The number of nitrogens with zero attached hydrogens (tertiary/aromatic N) is 2. The summed E-state index contributed by atoms with van der Waals surface area (Å²) in [6.07, 6.45) is 1.94. The van der Waals surface area contributed by atoms with Crippen molar-refractivity contribution in [3.05, 3.63) is 45.9 Å². The van der Waals surface area contributed by atoms with Crippen LogP contribution in [0.2, 0.25) is 4.34 Å². The Morgan fingerprint density at radius 1 is 1.38 bits per heavy atom. The van der Waals surface area contributed by atoms with Gasteiger partial charge in [-0.2, -0.15) is 0 Å². The number of anilines is 1. The van der Waals surface area contributed by atoms with Crippen molar-refractivity contribution in [2.45, 2.75) is 19.3 Å². The lowest BCUT2D eigenvalue weighted by Gasteiger charge is -2.27. The summed E-state index contributed by atoms with van der Waals surface area (Å²) in [6.45, 7) is 1.05. The van der Waals surface area contributed by atoms with E-state index in [9.17, 15) is 9.90 Å². The maximum absolute atomic E-state index is 11.2. The van der Waals surface area contributed by atoms with Gasteiger partial charge in [0, 0.05) is 24.8 Å². The summed E-state index contributed by atoms with van der Waals surface area (Å²) >= 11 is 7.37. The van der Waals surface area contributed by atoms with Gasteiger partial charge in [0.2, 0.25) is 5.89 Å². The third-order valence-electron chi connectivity index (χ3n) is 4.49. The number of rotatable bonds is 4. The molecule has 1 aliphatic rings. The van der Waals surface area contributed by atoms with E-state index in [1.807, 2.05) is 12.1 Å². The molecule has 1 aromatic carbocycles. The van der Waals surface area contributed by atoms with Crippen LogP contribution in [0.4, 0.5) is 5.69 Å². The monoisotopic (exact) mass is 388 g/mol. The van der Waals surface area contributed by atoms with Crippen molar-refractivity contribution in [2.75, 3.05) is 18.5 Å². The minimum absolute atomic E-state index is 0.192. The molecule has 26 heavy (non-hydrogen) atoms. The zero-order valence-electron chi connectivity index (χ0n) is 14.2. The molecule has 0 aliphatic carbocycles. The van der Waals surface area contributed by atoms with E-state index in [1.165, 1.54) is 22.6 Å². The average molecular weight is 389 g/mol. The molecule has 0 saturated heterocycles. The topological polar surface area (TPSA) is 66.6 Å². The molecule has 3 heterocycles. The maximum atomic E-state index is 11.2. The predicted octanol–water partition coefficient (Wildman–Crippen LogP) is 4.73. The normalized spacial score (nSPS) is 13.7. The van der Waals surface area contributed by atoms with Crippen molar-refractivity contribution in [3.63, 3.8) is 0 Å². The lowest BCUT2D eigenvalue weighted by Crippen LogP contribution is -2.24. The van der Waals surface area contributed by atoms with E-state index in [2.05, 4.69) is 29.1 Å². The first-order chi connectivity index (χ1) is 12.5. The molecule has 5 nitrogen and oxygen atoms in total. The summed E-state index contributed by atoms with van der Waals surface area (Å²) < 4.78 is 6.60. The average Bonchev–Trinajstić information content (AvgIpc) is 3.20. The molecule has 4 rings (SSSR count). The minimum atomic E-state index is -0.944. The van der Waals surface area contributed by atoms with Crippen molar-refractivity contribution in [3.8, 4) is 22.1 Å². The molecule has 0 unspecified atom stereocenters. The van der Waals surface area contributed by atoms with Crippen LogP contribution < -0.4 is 4.90 Å². The van der Waals surface area contributed by atoms with Crippen molar-refractivity contribution in [1.29, 1.82) is 0 Å². The van der Waals surface area contributed by atoms with Gasteiger partial charge >= 0.3 is 5.97 Å². The Kier molecular flexibility index (Phi) is 4.46. The first-order valence-electron chi connectivity index (χ1n) is 8.33. The number of oxazole rings is 1. The van der Waals surface area contributed by atoms with Crippen LogP contribution in [0.5, 0.6) is 0 Å². The molecule has 134 valence electrons. The SMILES string of the molecule is CN1CCCc2cc(-c3nc(CC(=O)O)c(-c4ccc(Cl)s4)o3)ccc21. The molecule has 0 fully saturated rings. The molecule has 0 amide bonds. The van der Waals surface area contributed by atoms with E-state index in [0.29, 0.717) is 21.7 Å². The maximum Gasteiger partial charge on any atom is 0.309 e.